The fourth-order valence-electron chi connectivity index (χ4n) is 4.26. The second kappa shape index (κ2) is 33.6. The Kier molecular flexibility index (Phi) is 32.6. The van der Waals surface area contributed by atoms with Gasteiger partial charge in [0.15, 0.2) is 0 Å². The molecule has 0 spiro atoms. The summed E-state index contributed by atoms with van der Waals surface area (Å²) in [5.74, 6) is -0.718. The van der Waals surface area contributed by atoms with E-state index in [0.717, 1.165) is 64.2 Å². The number of ether oxygens (including phenoxy) is 7. The minimum atomic E-state index is -1.02. The molecule has 0 aliphatic carbocycles. The summed E-state index contributed by atoms with van der Waals surface area (Å²) in [5, 5.41) is 59.6. The summed E-state index contributed by atoms with van der Waals surface area (Å²) in [6.07, 6.45) is 4.75. The fraction of sp³-hybridized carbons (Fsp3) is 0.941. The molecule has 0 saturated carbocycles. The maximum atomic E-state index is 11.7. The van der Waals surface area contributed by atoms with Crippen LogP contribution in [0.1, 0.15) is 90.9 Å². The van der Waals surface area contributed by atoms with E-state index in [1.54, 1.807) is 0 Å². The van der Waals surface area contributed by atoms with Crippen molar-refractivity contribution in [3.63, 3.8) is 0 Å². The summed E-state index contributed by atoms with van der Waals surface area (Å²) < 4.78 is 36.2. The molecule has 15 heteroatoms. The van der Waals surface area contributed by atoms with Crippen molar-refractivity contribution in [2.75, 3.05) is 79.3 Å². The van der Waals surface area contributed by atoms with Crippen LogP contribution < -0.4 is 0 Å². The Labute approximate surface area is 292 Å². The van der Waals surface area contributed by atoms with Gasteiger partial charge in [-0.1, -0.05) is 65.2 Å². The lowest BCUT2D eigenvalue weighted by molar-refractivity contribution is -0.149. The van der Waals surface area contributed by atoms with Crippen molar-refractivity contribution in [1.29, 1.82) is 0 Å². The van der Waals surface area contributed by atoms with E-state index in [2.05, 4.69) is 13.8 Å². The van der Waals surface area contributed by atoms with Gasteiger partial charge < -0.3 is 63.8 Å². The third-order valence-corrected chi connectivity index (χ3v) is 6.94. The van der Waals surface area contributed by atoms with Crippen LogP contribution in [-0.4, -0.2) is 158 Å². The lowest BCUT2D eigenvalue weighted by atomic mass is 10.1. The molecule has 49 heavy (non-hydrogen) atoms. The average Bonchev–Trinajstić information content (AvgIpc) is 3.06. The molecule has 6 N–H and O–H groups in total. The lowest BCUT2D eigenvalue weighted by Crippen LogP contribution is -2.31. The van der Waals surface area contributed by atoms with Crippen LogP contribution in [-0.2, 0) is 42.7 Å². The minimum absolute atomic E-state index is 0.125. The van der Waals surface area contributed by atoms with E-state index >= 15 is 0 Å². The van der Waals surface area contributed by atoms with Gasteiger partial charge in [-0.15, -0.1) is 0 Å². The Hall–Kier alpha value is -1.50. The summed E-state index contributed by atoms with van der Waals surface area (Å²) in [6, 6.07) is 0. The zero-order valence-electron chi connectivity index (χ0n) is 29.8. The first-order chi connectivity index (χ1) is 23.6. The van der Waals surface area contributed by atoms with Gasteiger partial charge in [0.1, 0.15) is 49.8 Å². The second-order valence-electron chi connectivity index (χ2n) is 12.3. The average molecular weight is 715 g/mol. The molecule has 0 bridgehead atoms. The van der Waals surface area contributed by atoms with Crippen LogP contribution in [0.5, 0.6) is 0 Å². The van der Waals surface area contributed by atoms with E-state index in [-0.39, 0.29) is 91.2 Å². The van der Waals surface area contributed by atoms with Crippen LogP contribution in [0.4, 0.5) is 0 Å². The number of aliphatic hydroxyl groups excluding tert-OH is 6. The van der Waals surface area contributed by atoms with Gasteiger partial charge in [0, 0.05) is 12.8 Å². The van der Waals surface area contributed by atoms with E-state index in [1.165, 1.54) is 0 Å². The highest BCUT2D eigenvalue weighted by molar-refractivity contribution is 5.69. The largest absolute Gasteiger partial charge is 0.463 e. The Bertz CT molecular complexity index is 699. The SMILES string of the molecule is CCCCCCCC(=O)OCC(O)COCC(O)COCC(O)COCC(O)COCC(O)COCC(O)COC(=O)CCCCCCC. The third kappa shape index (κ3) is 33.4. The molecular formula is C34H66O15. The van der Waals surface area contributed by atoms with E-state index in [0.29, 0.717) is 12.8 Å². The van der Waals surface area contributed by atoms with Crippen molar-refractivity contribution in [3.8, 4) is 0 Å². The van der Waals surface area contributed by atoms with Crippen LogP contribution in [0, 0.1) is 0 Å². The number of hydrogen-bond donors (Lipinski definition) is 6. The summed E-state index contributed by atoms with van der Waals surface area (Å²) >= 11 is 0. The summed E-state index contributed by atoms with van der Waals surface area (Å²) in [5.41, 5.74) is 0. The Morgan fingerprint density at radius 2 is 0.592 bits per heavy atom. The minimum Gasteiger partial charge on any atom is -0.463 e. The van der Waals surface area contributed by atoms with Gasteiger partial charge in [-0.25, -0.2) is 0 Å². The molecule has 0 saturated heterocycles. The lowest BCUT2D eigenvalue weighted by Gasteiger charge is -2.18. The van der Waals surface area contributed by atoms with Gasteiger partial charge >= 0.3 is 11.9 Å². The topological polar surface area (TPSA) is 220 Å². The monoisotopic (exact) mass is 714 g/mol. The van der Waals surface area contributed by atoms with Gasteiger partial charge in [-0.05, 0) is 12.8 Å². The second-order valence-corrected chi connectivity index (χ2v) is 12.3. The number of hydrogen-bond acceptors (Lipinski definition) is 15. The van der Waals surface area contributed by atoms with Crippen LogP contribution in [0.25, 0.3) is 0 Å². The number of carbonyl (C=O) groups is 2. The summed E-state index contributed by atoms with van der Waals surface area (Å²) in [6.45, 7) is 2.56. The highest BCUT2D eigenvalue weighted by Crippen LogP contribution is 2.07. The third-order valence-electron chi connectivity index (χ3n) is 6.94. The maximum Gasteiger partial charge on any atom is 0.305 e. The van der Waals surface area contributed by atoms with Gasteiger partial charge in [0.25, 0.3) is 0 Å². The molecule has 0 rings (SSSR count). The van der Waals surface area contributed by atoms with Gasteiger partial charge in [-0.2, -0.15) is 0 Å². The molecule has 0 aliphatic heterocycles. The van der Waals surface area contributed by atoms with E-state index < -0.39 is 36.6 Å². The van der Waals surface area contributed by atoms with Crippen LogP contribution in [0.3, 0.4) is 0 Å². The highest BCUT2D eigenvalue weighted by Gasteiger charge is 2.15. The molecule has 15 nitrogen and oxygen atoms in total. The van der Waals surface area contributed by atoms with E-state index in [9.17, 15) is 40.2 Å². The van der Waals surface area contributed by atoms with Crippen molar-refractivity contribution in [3.05, 3.63) is 0 Å². The van der Waals surface area contributed by atoms with Crippen molar-refractivity contribution in [2.24, 2.45) is 0 Å². The van der Waals surface area contributed by atoms with Gasteiger partial charge in [0.05, 0.1) is 66.1 Å². The zero-order valence-corrected chi connectivity index (χ0v) is 29.8. The fourth-order valence-corrected chi connectivity index (χ4v) is 4.26. The number of esters is 2. The standard InChI is InChI=1S/C34H66O15/c1-3-5-7-9-11-13-33(41)48-25-31(39)23-46-21-29(37)19-44-17-27(35)15-43-16-28(36)18-45-20-30(38)22-47-24-32(40)26-49-34(42)14-12-10-8-6-4-2/h27-32,35-40H,3-26H2,1-2H3. The smallest absolute Gasteiger partial charge is 0.305 e. The molecule has 0 aromatic carbocycles. The quantitative estimate of drug-likeness (QED) is 0.0395. The maximum absolute atomic E-state index is 11.7. The number of aliphatic hydroxyl groups is 6. The zero-order chi connectivity index (χ0) is 36.5. The van der Waals surface area contributed by atoms with E-state index in [1.807, 2.05) is 0 Å². The normalized spacial score (nSPS) is 15.3. The van der Waals surface area contributed by atoms with Crippen molar-refractivity contribution >= 4 is 11.9 Å². The van der Waals surface area contributed by atoms with Gasteiger partial charge in [0.2, 0.25) is 0 Å². The van der Waals surface area contributed by atoms with Crippen molar-refractivity contribution < 1.29 is 73.4 Å². The molecule has 6 atom stereocenters. The molecular weight excluding hydrogens is 648 g/mol. The van der Waals surface area contributed by atoms with Gasteiger partial charge in [-0.3, -0.25) is 9.59 Å². The molecule has 0 aromatic rings. The highest BCUT2D eigenvalue weighted by atomic mass is 16.6. The first-order valence-corrected chi connectivity index (χ1v) is 17.9. The Balaban J connectivity index is 3.72. The van der Waals surface area contributed by atoms with Crippen molar-refractivity contribution in [2.45, 2.75) is 128 Å². The van der Waals surface area contributed by atoms with Crippen LogP contribution in [0.2, 0.25) is 0 Å². The first-order valence-electron chi connectivity index (χ1n) is 17.9. The van der Waals surface area contributed by atoms with Crippen molar-refractivity contribution in [1.82, 2.24) is 0 Å². The number of carbonyl (C=O) groups excluding carboxylic acids is 2. The summed E-state index contributed by atoms with van der Waals surface area (Å²) in [7, 11) is 0. The van der Waals surface area contributed by atoms with Crippen LogP contribution >= 0.6 is 0 Å². The molecule has 0 amide bonds. The summed E-state index contributed by atoms with van der Waals surface area (Å²) in [4.78, 5) is 23.4. The number of unbranched alkanes of at least 4 members (excludes halogenated alkanes) is 8. The molecule has 0 aliphatic rings. The predicted molar refractivity (Wildman–Crippen MR) is 179 cm³/mol. The molecule has 0 fully saturated rings. The molecule has 6 unspecified atom stereocenters. The Morgan fingerprint density at radius 3 is 0.837 bits per heavy atom. The van der Waals surface area contributed by atoms with E-state index in [4.69, 9.17) is 33.2 Å². The first kappa shape index (κ1) is 47.5. The molecule has 0 radical (unpaired) electrons. The molecule has 0 heterocycles. The predicted octanol–water partition coefficient (Wildman–Crippen LogP) is 1.04. The Morgan fingerprint density at radius 1 is 0.367 bits per heavy atom. The van der Waals surface area contributed by atoms with Crippen LogP contribution in [0.15, 0.2) is 0 Å². The molecule has 0 aromatic heterocycles. The number of rotatable bonds is 36. The molecule has 292 valence electrons.